The first-order valence-electron chi connectivity index (χ1n) is 4.46. The van der Waals surface area contributed by atoms with Crippen LogP contribution in [-0.4, -0.2) is 22.1 Å². The SMILES string of the molecule is OC(CCCCl)Cc1cccnc1. The molecule has 0 aromatic carbocycles. The van der Waals surface area contributed by atoms with Gasteiger partial charge < -0.3 is 5.11 Å². The van der Waals surface area contributed by atoms with Crippen molar-refractivity contribution in [2.24, 2.45) is 0 Å². The lowest BCUT2D eigenvalue weighted by molar-refractivity contribution is 0.164. The topological polar surface area (TPSA) is 33.1 Å². The summed E-state index contributed by atoms with van der Waals surface area (Å²) in [6, 6.07) is 3.85. The maximum Gasteiger partial charge on any atom is 0.0581 e. The number of aromatic nitrogens is 1. The molecule has 0 saturated heterocycles. The highest BCUT2D eigenvalue weighted by Gasteiger charge is 2.04. The third-order valence-electron chi connectivity index (χ3n) is 1.87. The molecular formula is C10H14ClNO. The van der Waals surface area contributed by atoms with Crippen LogP contribution in [0.3, 0.4) is 0 Å². The second-order valence-corrected chi connectivity index (χ2v) is 3.43. The molecule has 1 N–H and O–H groups in total. The molecule has 0 amide bonds. The van der Waals surface area contributed by atoms with Gasteiger partial charge >= 0.3 is 0 Å². The van der Waals surface area contributed by atoms with Crippen LogP contribution < -0.4 is 0 Å². The first-order chi connectivity index (χ1) is 6.33. The minimum atomic E-state index is -0.289. The number of pyridine rings is 1. The second kappa shape index (κ2) is 5.95. The molecule has 1 unspecified atom stereocenters. The molecule has 0 spiro atoms. The summed E-state index contributed by atoms with van der Waals surface area (Å²) >= 11 is 5.53. The molecule has 2 nitrogen and oxygen atoms in total. The van der Waals surface area contributed by atoms with Crippen LogP contribution >= 0.6 is 11.6 Å². The zero-order valence-electron chi connectivity index (χ0n) is 7.49. The average molecular weight is 200 g/mol. The Morgan fingerprint density at radius 1 is 1.54 bits per heavy atom. The summed E-state index contributed by atoms with van der Waals surface area (Å²) in [4.78, 5) is 3.98. The summed E-state index contributed by atoms with van der Waals surface area (Å²) < 4.78 is 0. The highest BCUT2D eigenvalue weighted by Crippen LogP contribution is 2.06. The largest absolute Gasteiger partial charge is 0.393 e. The van der Waals surface area contributed by atoms with Gasteiger partial charge in [0.15, 0.2) is 0 Å². The van der Waals surface area contributed by atoms with E-state index >= 15 is 0 Å². The van der Waals surface area contributed by atoms with E-state index in [4.69, 9.17) is 11.6 Å². The number of nitrogens with zero attached hydrogens (tertiary/aromatic N) is 1. The molecule has 0 fully saturated rings. The first kappa shape index (κ1) is 10.5. The van der Waals surface area contributed by atoms with Gasteiger partial charge in [-0.3, -0.25) is 4.98 Å². The Labute approximate surface area is 83.6 Å². The molecule has 0 radical (unpaired) electrons. The van der Waals surface area contributed by atoms with E-state index < -0.39 is 0 Å². The van der Waals surface area contributed by atoms with Crippen LogP contribution in [0.1, 0.15) is 18.4 Å². The van der Waals surface area contributed by atoms with Gasteiger partial charge in [0, 0.05) is 18.3 Å². The van der Waals surface area contributed by atoms with Crippen molar-refractivity contribution in [3.8, 4) is 0 Å². The molecule has 0 aliphatic rings. The van der Waals surface area contributed by atoms with E-state index in [-0.39, 0.29) is 6.10 Å². The number of hydrogen-bond donors (Lipinski definition) is 1. The van der Waals surface area contributed by atoms with E-state index in [0.717, 1.165) is 18.4 Å². The zero-order valence-corrected chi connectivity index (χ0v) is 8.24. The van der Waals surface area contributed by atoms with Gasteiger partial charge in [-0.2, -0.15) is 0 Å². The van der Waals surface area contributed by atoms with E-state index in [9.17, 15) is 5.11 Å². The number of rotatable bonds is 5. The molecule has 13 heavy (non-hydrogen) atoms. The Hall–Kier alpha value is -0.600. The van der Waals surface area contributed by atoms with Crippen molar-refractivity contribution in [1.29, 1.82) is 0 Å². The van der Waals surface area contributed by atoms with E-state index in [0.29, 0.717) is 12.3 Å². The number of aliphatic hydroxyl groups is 1. The summed E-state index contributed by atoms with van der Waals surface area (Å²) in [7, 11) is 0. The predicted octanol–water partition coefficient (Wildman–Crippen LogP) is 2.00. The fourth-order valence-corrected chi connectivity index (χ4v) is 1.36. The number of halogens is 1. The number of aliphatic hydroxyl groups excluding tert-OH is 1. The molecular weight excluding hydrogens is 186 g/mol. The van der Waals surface area contributed by atoms with Crippen molar-refractivity contribution in [2.45, 2.75) is 25.4 Å². The van der Waals surface area contributed by atoms with Crippen LogP contribution in [0.15, 0.2) is 24.5 Å². The maximum absolute atomic E-state index is 9.55. The van der Waals surface area contributed by atoms with Gasteiger partial charge in [0.1, 0.15) is 0 Å². The molecule has 0 bridgehead atoms. The van der Waals surface area contributed by atoms with Gasteiger partial charge in [-0.05, 0) is 30.9 Å². The monoisotopic (exact) mass is 199 g/mol. The van der Waals surface area contributed by atoms with Crippen molar-refractivity contribution < 1.29 is 5.11 Å². The lowest BCUT2D eigenvalue weighted by Crippen LogP contribution is -2.10. The fourth-order valence-electron chi connectivity index (χ4n) is 1.21. The van der Waals surface area contributed by atoms with Gasteiger partial charge in [0.05, 0.1) is 6.10 Å². The molecule has 0 aliphatic heterocycles. The molecule has 1 heterocycles. The van der Waals surface area contributed by atoms with Crippen LogP contribution in [0.5, 0.6) is 0 Å². The van der Waals surface area contributed by atoms with Gasteiger partial charge in [-0.15, -0.1) is 11.6 Å². The van der Waals surface area contributed by atoms with Gasteiger partial charge in [-0.25, -0.2) is 0 Å². The fraction of sp³-hybridized carbons (Fsp3) is 0.500. The lowest BCUT2D eigenvalue weighted by atomic mass is 10.1. The molecule has 72 valence electrons. The van der Waals surface area contributed by atoms with Crippen molar-refractivity contribution in [2.75, 3.05) is 5.88 Å². The molecule has 1 rings (SSSR count). The van der Waals surface area contributed by atoms with Crippen LogP contribution in [-0.2, 0) is 6.42 Å². The molecule has 1 aromatic heterocycles. The van der Waals surface area contributed by atoms with Gasteiger partial charge in [0.2, 0.25) is 0 Å². The Morgan fingerprint density at radius 2 is 2.38 bits per heavy atom. The van der Waals surface area contributed by atoms with Crippen LogP contribution in [0.4, 0.5) is 0 Å². The molecule has 0 saturated carbocycles. The Bertz CT molecular complexity index is 228. The van der Waals surface area contributed by atoms with Gasteiger partial charge in [-0.1, -0.05) is 6.07 Å². The molecule has 1 atom stereocenters. The summed E-state index contributed by atoms with van der Waals surface area (Å²) in [5.74, 6) is 0.615. The minimum absolute atomic E-state index is 0.289. The minimum Gasteiger partial charge on any atom is -0.393 e. The Morgan fingerprint density at radius 3 is 3.00 bits per heavy atom. The average Bonchev–Trinajstić information content (AvgIpc) is 2.16. The maximum atomic E-state index is 9.55. The lowest BCUT2D eigenvalue weighted by Gasteiger charge is -2.08. The van der Waals surface area contributed by atoms with Crippen molar-refractivity contribution in [3.63, 3.8) is 0 Å². The van der Waals surface area contributed by atoms with Crippen molar-refractivity contribution in [1.82, 2.24) is 4.98 Å². The Balaban J connectivity index is 2.32. The van der Waals surface area contributed by atoms with Crippen LogP contribution in [0.25, 0.3) is 0 Å². The Kier molecular flexibility index (Phi) is 4.79. The molecule has 3 heteroatoms. The van der Waals surface area contributed by atoms with Crippen LogP contribution in [0.2, 0.25) is 0 Å². The van der Waals surface area contributed by atoms with Gasteiger partial charge in [0.25, 0.3) is 0 Å². The third kappa shape index (κ3) is 4.25. The highest BCUT2D eigenvalue weighted by atomic mass is 35.5. The molecule has 0 aliphatic carbocycles. The highest BCUT2D eigenvalue weighted by molar-refractivity contribution is 6.17. The summed E-state index contributed by atoms with van der Waals surface area (Å²) in [5.41, 5.74) is 1.07. The van der Waals surface area contributed by atoms with E-state index in [2.05, 4.69) is 4.98 Å². The van der Waals surface area contributed by atoms with Crippen LogP contribution in [0, 0.1) is 0 Å². The number of hydrogen-bond acceptors (Lipinski definition) is 2. The summed E-state index contributed by atoms with van der Waals surface area (Å²) in [6.07, 6.45) is 5.52. The third-order valence-corrected chi connectivity index (χ3v) is 2.13. The van der Waals surface area contributed by atoms with E-state index in [1.807, 2.05) is 12.1 Å². The zero-order chi connectivity index (χ0) is 9.52. The quantitative estimate of drug-likeness (QED) is 0.736. The normalized spacial score (nSPS) is 12.8. The summed E-state index contributed by atoms with van der Waals surface area (Å²) in [5, 5.41) is 9.55. The second-order valence-electron chi connectivity index (χ2n) is 3.05. The van der Waals surface area contributed by atoms with Crippen molar-refractivity contribution >= 4 is 11.6 Å². The van der Waals surface area contributed by atoms with E-state index in [1.165, 1.54) is 0 Å². The van der Waals surface area contributed by atoms with E-state index in [1.54, 1.807) is 12.4 Å². The predicted molar refractivity (Wildman–Crippen MR) is 53.9 cm³/mol. The standard InChI is InChI=1S/C10H14ClNO/c11-5-1-4-10(13)7-9-3-2-6-12-8-9/h2-3,6,8,10,13H,1,4-5,7H2. The molecule has 1 aromatic rings. The smallest absolute Gasteiger partial charge is 0.0581 e. The summed E-state index contributed by atoms with van der Waals surface area (Å²) in [6.45, 7) is 0. The van der Waals surface area contributed by atoms with Crippen molar-refractivity contribution in [3.05, 3.63) is 30.1 Å². The number of alkyl halides is 1. The first-order valence-corrected chi connectivity index (χ1v) is 4.99.